The van der Waals surface area contributed by atoms with Gasteiger partial charge in [0.15, 0.2) is 5.82 Å². The van der Waals surface area contributed by atoms with Gasteiger partial charge in [-0.05, 0) is 38.1 Å². The Morgan fingerprint density at radius 2 is 1.87 bits per heavy atom. The molecule has 118 valence electrons. The first kappa shape index (κ1) is 15.0. The Morgan fingerprint density at radius 1 is 1.13 bits per heavy atom. The molecule has 0 spiro atoms. The monoisotopic (exact) mass is 312 g/mol. The van der Waals surface area contributed by atoms with Crippen LogP contribution in [-0.2, 0) is 6.54 Å². The highest BCUT2D eigenvalue weighted by Gasteiger charge is 2.15. The van der Waals surface area contributed by atoms with Crippen LogP contribution in [0.1, 0.15) is 27.6 Å². The third-order valence-corrected chi connectivity index (χ3v) is 3.33. The highest BCUT2D eigenvalue weighted by Crippen LogP contribution is 2.18. The molecule has 23 heavy (non-hydrogen) atoms. The number of rotatable bonds is 4. The summed E-state index contributed by atoms with van der Waals surface area (Å²) < 4.78 is 10.1. The molecule has 0 unspecified atom stereocenters. The van der Waals surface area contributed by atoms with E-state index in [0.29, 0.717) is 23.8 Å². The number of aryl methyl sites for hydroxylation is 2. The molecule has 0 aliphatic heterocycles. The second-order valence-electron chi connectivity index (χ2n) is 5.31. The lowest BCUT2D eigenvalue weighted by Crippen LogP contribution is -2.26. The van der Waals surface area contributed by atoms with Crippen molar-refractivity contribution < 1.29 is 13.8 Å². The minimum atomic E-state index is -0.0982. The summed E-state index contributed by atoms with van der Waals surface area (Å²) in [6.45, 7) is 3.96. The van der Waals surface area contributed by atoms with Crippen molar-refractivity contribution in [3.05, 3.63) is 53.2 Å². The minimum absolute atomic E-state index is 0.0982. The van der Waals surface area contributed by atoms with Gasteiger partial charge in [0.25, 0.3) is 11.8 Å². The van der Waals surface area contributed by atoms with Crippen LogP contribution in [-0.4, -0.2) is 33.2 Å². The van der Waals surface area contributed by atoms with Crippen molar-refractivity contribution >= 4 is 5.91 Å². The lowest BCUT2D eigenvalue weighted by Gasteiger charge is -2.15. The number of benzene rings is 1. The van der Waals surface area contributed by atoms with E-state index in [1.54, 1.807) is 43.1 Å². The molecular weight excluding hydrogens is 296 g/mol. The van der Waals surface area contributed by atoms with Crippen molar-refractivity contribution in [3.63, 3.8) is 0 Å². The van der Waals surface area contributed by atoms with Crippen LogP contribution in [0.15, 0.2) is 39.4 Å². The van der Waals surface area contributed by atoms with Crippen molar-refractivity contribution in [1.82, 2.24) is 20.2 Å². The molecule has 2 heterocycles. The predicted octanol–water partition coefficient (Wildman–Crippen LogP) is 2.61. The van der Waals surface area contributed by atoms with E-state index < -0.39 is 0 Å². The first-order chi connectivity index (χ1) is 11.0. The number of aromatic nitrogens is 3. The van der Waals surface area contributed by atoms with Crippen molar-refractivity contribution in [2.45, 2.75) is 20.4 Å². The van der Waals surface area contributed by atoms with Crippen LogP contribution in [0, 0.1) is 13.8 Å². The molecule has 2 aromatic heterocycles. The van der Waals surface area contributed by atoms with Crippen LogP contribution in [0.4, 0.5) is 0 Å². The Labute approximate surface area is 132 Å². The van der Waals surface area contributed by atoms with E-state index in [0.717, 1.165) is 17.0 Å². The topological polar surface area (TPSA) is 85.3 Å². The van der Waals surface area contributed by atoms with Crippen LogP contribution in [0.25, 0.3) is 11.5 Å². The lowest BCUT2D eigenvalue weighted by molar-refractivity contribution is 0.0782. The van der Waals surface area contributed by atoms with E-state index in [1.165, 1.54) is 0 Å². The number of hydrogen-bond donors (Lipinski definition) is 0. The van der Waals surface area contributed by atoms with Gasteiger partial charge in [-0.2, -0.15) is 4.98 Å². The smallest absolute Gasteiger partial charge is 0.257 e. The van der Waals surface area contributed by atoms with Crippen molar-refractivity contribution in [2.24, 2.45) is 0 Å². The summed E-state index contributed by atoms with van der Waals surface area (Å²) in [5.41, 5.74) is 2.07. The second kappa shape index (κ2) is 6.04. The Hall–Kier alpha value is -2.96. The molecule has 7 heteroatoms. The van der Waals surface area contributed by atoms with Gasteiger partial charge in [0.1, 0.15) is 11.5 Å². The highest BCUT2D eigenvalue weighted by molar-refractivity contribution is 5.94. The van der Waals surface area contributed by atoms with E-state index in [-0.39, 0.29) is 5.91 Å². The fraction of sp³-hybridized carbons (Fsp3) is 0.250. The predicted molar refractivity (Wildman–Crippen MR) is 81.5 cm³/mol. The fourth-order valence-corrected chi connectivity index (χ4v) is 2.20. The van der Waals surface area contributed by atoms with Gasteiger partial charge >= 0.3 is 0 Å². The Bertz CT molecular complexity index is 820. The summed E-state index contributed by atoms with van der Waals surface area (Å²) in [5.74, 6) is 1.63. The van der Waals surface area contributed by atoms with Crippen LogP contribution in [0.3, 0.4) is 0 Å². The Kier molecular flexibility index (Phi) is 3.92. The first-order valence-corrected chi connectivity index (χ1v) is 7.11. The maximum Gasteiger partial charge on any atom is 0.257 e. The third-order valence-electron chi connectivity index (χ3n) is 3.33. The zero-order valence-corrected chi connectivity index (χ0v) is 13.1. The molecule has 3 rings (SSSR count). The fourth-order valence-electron chi connectivity index (χ4n) is 2.20. The number of nitrogens with zero attached hydrogens (tertiary/aromatic N) is 4. The Morgan fingerprint density at radius 3 is 2.43 bits per heavy atom. The molecule has 0 atom stereocenters. The third kappa shape index (κ3) is 3.28. The molecule has 0 radical (unpaired) electrons. The summed E-state index contributed by atoms with van der Waals surface area (Å²) in [7, 11) is 1.72. The molecule has 0 saturated carbocycles. The van der Waals surface area contributed by atoms with Crippen LogP contribution >= 0.6 is 0 Å². The van der Waals surface area contributed by atoms with E-state index in [1.807, 2.05) is 13.0 Å². The zero-order valence-electron chi connectivity index (χ0n) is 13.1. The Balaban J connectivity index is 1.72. The molecule has 0 fully saturated rings. The van der Waals surface area contributed by atoms with Crippen molar-refractivity contribution in [3.8, 4) is 11.5 Å². The lowest BCUT2D eigenvalue weighted by atomic mass is 10.1. The van der Waals surface area contributed by atoms with E-state index >= 15 is 0 Å². The maximum atomic E-state index is 12.4. The first-order valence-electron chi connectivity index (χ1n) is 7.11. The molecule has 0 N–H and O–H groups in total. The van der Waals surface area contributed by atoms with Gasteiger partial charge in [-0.25, -0.2) is 0 Å². The van der Waals surface area contributed by atoms with Gasteiger partial charge in [-0.15, -0.1) is 0 Å². The molecular formula is C16H16N4O3. The average molecular weight is 312 g/mol. The minimum Gasteiger partial charge on any atom is -0.361 e. The second-order valence-corrected chi connectivity index (χ2v) is 5.31. The largest absolute Gasteiger partial charge is 0.361 e. The van der Waals surface area contributed by atoms with Crippen LogP contribution in [0.5, 0.6) is 0 Å². The summed E-state index contributed by atoms with van der Waals surface area (Å²) in [5, 5.41) is 7.64. The normalized spacial score (nSPS) is 10.7. The summed E-state index contributed by atoms with van der Waals surface area (Å²) in [6.07, 6.45) is 0. The molecule has 7 nitrogen and oxygen atoms in total. The molecule has 0 bridgehead atoms. The maximum absolute atomic E-state index is 12.4. The van der Waals surface area contributed by atoms with Gasteiger partial charge in [-0.3, -0.25) is 4.79 Å². The van der Waals surface area contributed by atoms with Gasteiger partial charge in [-0.1, -0.05) is 10.3 Å². The van der Waals surface area contributed by atoms with Gasteiger partial charge in [0.2, 0.25) is 0 Å². The molecule has 0 aliphatic carbocycles. The number of carbonyl (C=O) groups is 1. The summed E-state index contributed by atoms with van der Waals surface area (Å²) in [4.78, 5) is 18.2. The van der Waals surface area contributed by atoms with Gasteiger partial charge < -0.3 is 13.9 Å². The standard InChI is InChI=1S/C16H16N4O3/c1-10-8-14(19-22-10)9-20(3)16(21)13-6-4-12(5-7-13)15-17-11(2)18-23-15/h4-8H,9H2,1-3H3. The summed E-state index contributed by atoms with van der Waals surface area (Å²) >= 11 is 0. The van der Waals surface area contributed by atoms with Crippen LogP contribution < -0.4 is 0 Å². The zero-order chi connectivity index (χ0) is 16.4. The van der Waals surface area contributed by atoms with Gasteiger partial charge in [0, 0.05) is 24.2 Å². The van der Waals surface area contributed by atoms with E-state index in [9.17, 15) is 4.79 Å². The average Bonchev–Trinajstić information content (AvgIpc) is 3.15. The van der Waals surface area contributed by atoms with Gasteiger partial charge in [0.05, 0.1) is 6.54 Å². The quantitative estimate of drug-likeness (QED) is 0.736. The van der Waals surface area contributed by atoms with Crippen molar-refractivity contribution in [2.75, 3.05) is 7.05 Å². The molecule has 1 aromatic carbocycles. The van der Waals surface area contributed by atoms with E-state index in [4.69, 9.17) is 9.05 Å². The molecule has 0 saturated heterocycles. The molecule has 1 amide bonds. The number of carbonyl (C=O) groups excluding carboxylic acids is 1. The van der Waals surface area contributed by atoms with Crippen molar-refractivity contribution in [1.29, 1.82) is 0 Å². The number of hydrogen-bond acceptors (Lipinski definition) is 6. The molecule has 0 aliphatic rings. The molecule has 3 aromatic rings. The highest BCUT2D eigenvalue weighted by atomic mass is 16.5. The summed E-state index contributed by atoms with van der Waals surface area (Å²) in [6, 6.07) is 8.86. The van der Waals surface area contributed by atoms with Crippen LogP contribution in [0.2, 0.25) is 0 Å². The van der Waals surface area contributed by atoms with E-state index in [2.05, 4.69) is 15.3 Å². The number of amides is 1. The SMILES string of the molecule is Cc1noc(-c2ccc(C(=O)N(C)Cc3cc(C)on3)cc2)n1.